The van der Waals surface area contributed by atoms with Crippen molar-refractivity contribution in [1.82, 2.24) is 5.32 Å². The second kappa shape index (κ2) is 4.45. The van der Waals surface area contributed by atoms with Crippen LogP contribution in [-0.4, -0.2) is 23.7 Å². The van der Waals surface area contributed by atoms with Crippen molar-refractivity contribution in [3.63, 3.8) is 0 Å². The van der Waals surface area contributed by atoms with E-state index in [1.54, 1.807) is 0 Å². The number of amides is 1. The average Bonchev–Trinajstić information content (AvgIpc) is 2.93. The number of nitrogens with one attached hydrogen (secondary N) is 1. The smallest absolute Gasteiger partial charge is 0.251 e. The predicted octanol–water partition coefficient (Wildman–Crippen LogP) is 2.16. The molecule has 0 spiro atoms. The second-order valence-electron chi connectivity index (χ2n) is 6.22. The minimum atomic E-state index is -0.250. The Labute approximate surface area is 118 Å². The van der Waals surface area contributed by atoms with Crippen molar-refractivity contribution in [1.29, 1.82) is 0 Å². The van der Waals surface area contributed by atoms with Gasteiger partial charge in [0.05, 0.1) is 6.10 Å². The van der Waals surface area contributed by atoms with Crippen molar-refractivity contribution >= 4 is 5.91 Å². The Bertz CT molecular complexity index is 606. The van der Waals surface area contributed by atoms with E-state index in [9.17, 15) is 9.90 Å². The third-order valence-corrected chi connectivity index (χ3v) is 4.91. The van der Waals surface area contributed by atoms with Crippen molar-refractivity contribution in [2.24, 2.45) is 5.92 Å². The molecule has 0 aromatic rings. The first-order valence-corrected chi connectivity index (χ1v) is 7.57. The van der Waals surface area contributed by atoms with Crippen LogP contribution < -0.4 is 5.32 Å². The summed E-state index contributed by atoms with van der Waals surface area (Å²) in [5, 5.41) is 13.0. The molecule has 3 heteroatoms. The largest absolute Gasteiger partial charge is 0.393 e. The van der Waals surface area contributed by atoms with Crippen molar-refractivity contribution in [2.45, 2.75) is 38.2 Å². The van der Waals surface area contributed by atoms with E-state index in [0.29, 0.717) is 6.54 Å². The van der Waals surface area contributed by atoms with Crippen LogP contribution in [0.25, 0.3) is 0 Å². The fourth-order valence-electron chi connectivity index (χ4n) is 3.58. The normalized spacial score (nSPS) is 30.4. The van der Waals surface area contributed by atoms with Gasteiger partial charge in [-0.2, -0.15) is 0 Å². The minimum absolute atomic E-state index is 0.00257. The summed E-state index contributed by atoms with van der Waals surface area (Å²) in [4.78, 5) is 12.3. The highest BCUT2D eigenvalue weighted by Crippen LogP contribution is 2.51. The predicted molar refractivity (Wildman–Crippen MR) is 76.9 cm³/mol. The first kappa shape index (κ1) is 12.2. The maximum absolute atomic E-state index is 12.3. The van der Waals surface area contributed by atoms with Gasteiger partial charge in [0.15, 0.2) is 0 Å². The molecule has 0 radical (unpaired) electrons. The van der Waals surface area contributed by atoms with Crippen molar-refractivity contribution in [3.8, 4) is 0 Å². The van der Waals surface area contributed by atoms with Gasteiger partial charge in [-0.25, -0.2) is 0 Å². The van der Waals surface area contributed by atoms with Crippen LogP contribution in [-0.2, 0) is 4.79 Å². The standard InChI is InChI=1S/C17H19NO2/c19-16-4-2-1-3-10(16)9-18-17(20)13-6-5-12-14-7-11(14)8-15(12)13/h5-6,8,10,16,19H,1-4,7,9H2,(H,18,20)/t10-,16+/m1/s1. The number of carbonyl (C=O) groups is 1. The Morgan fingerprint density at radius 3 is 2.95 bits per heavy atom. The number of hydrogen-bond acceptors (Lipinski definition) is 2. The molecule has 4 rings (SSSR count). The molecule has 0 heterocycles. The Kier molecular flexibility index (Phi) is 2.71. The highest BCUT2D eigenvalue weighted by Gasteiger charge is 2.35. The van der Waals surface area contributed by atoms with Crippen LogP contribution in [0, 0.1) is 5.92 Å². The van der Waals surface area contributed by atoms with E-state index in [0.717, 1.165) is 43.3 Å². The van der Waals surface area contributed by atoms with Gasteiger partial charge in [0.2, 0.25) is 0 Å². The lowest BCUT2D eigenvalue weighted by atomic mass is 9.86. The first-order valence-electron chi connectivity index (χ1n) is 7.57. The molecule has 0 aromatic heterocycles. The van der Waals surface area contributed by atoms with Crippen molar-refractivity contribution < 1.29 is 9.90 Å². The fraction of sp³-hybridized carbons (Fsp3) is 0.471. The molecule has 20 heavy (non-hydrogen) atoms. The number of carbonyl (C=O) groups excluding carboxylic acids is 1. The number of fused-ring (bicyclic) bond motifs is 2. The number of aliphatic hydroxyl groups is 1. The summed E-state index contributed by atoms with van der Waals surface area (Å²) in [6.45, 7) is 0.590. The van der Waals surface area contributed by atoms with Crippen LogP contribution in [0.2, 0.25) is 0 Å². The monoisotopic (exact) mass is 269 g/mol. The van der Waals surface area contributed by atoms with Gasteiger partial charge in [0.1, 0.15) is 0 Å². The summed E-state index contributed by atoms with van der Waals surface area (Å²) in [5.74, 6) is 0.222. The molecule has 2 fully saturated rings. The van der Waals surface area contributed by atoms with E-state index >= 15 is 0 Å². The third kappa shape index (κ3) is 1.88. The molecular formula is C17H19NO2. The topological polar surface area (TPSA) is 49.3 Å². The summed E-state index contributed by atoms with van der Waals surface area (Å²) in [6, 6.07) is 0. The zero-order chi connectivity index (χ0) is 13.7. The number of rotatable bonds is 3. The van der Waals surface area contributed by atoms with Gasteiger partial charge >= 0.3 is 0 Å². The highest BCUT2D eigenvalue weighted by atomic mass is 16.3. The maximum atomic E-state index is 12.3. The lowest BCUT2D eigenvalue weighted by molar-refractivity contribution is -0.117. The molecule has 3 nitrogen and oxygen atoms in total. The molecule has 0 aromatic carbocycles. The molecule has 0 bridgehead atoms. The summed E-state index contributed by atoms with van der Waals surface area (Å²) in [5.41, 5.74) is 5.96. The van der Waals surface area contributed by atoms with E-state index in [2.05, 4.69) is 17.5 Å². The van der Waals surface area contributed by atoms with Crippen LogP contribution in [0.15, 0.2) is 46.1 Å². The molecule has 2 N–H and O–H groups in total. The van der Waals surface area contributed by atoms with Gasteiger partial charge in [-0.3, -0.25) is 4.79 Å². The molecule has 104 valence electrons. The van der Waals surface area contributed by atoms with Gasteiger partial charge in [-0.15, -0.1) is 0 Å². The molecule has 4 aliphatic carbocycles. The van der Waals surface area contributed by atoms with Crippen LogP contribution in [0.5, 0.6) is 0 Å². The molecular weight excluding hydrogens is 250 g/mol. The Morgan fingerprint density at radius 2 is 2.10 bits per heavy atom. The number of hydrogen-bond donors (Lipinski definition) is 2. The molecule has 0 saturated heterocycles. The van der Waals surface area contributed by atoms with Crippen LogP contribution >= 0.6 is 0 Å². The van der Waals surface area contributed by atoms with Gasteiger partial charge in [0, 0.05) is 18.0 Å². The zero-order valence-electron chi connectivity index (χ0n) is 11.5. The minimum Gasteiger partial charge on any atom is -0.393 e. The summed E-state index contributed by atoms with van der Waals surface area (Å²) in [7, 11) is 0. The molecule has 2 atom stereocenters. The zero-order valence-corrected chi connectivity index (χ0v) is 11.5. The molecule has 0 aliphatic heterocycles. The molecule has 2 saturated carbocycles. The van der Waals surface area contributed by atoms with Crippen molar-refractivity contribution in [3.05, 3.63) is 46.1 Å². The molecule has 0 unspecified atom stereocenters. The second-order valence-corrected chi connectivity index (χ2v) is 6.22. The van der Waals surface area contributed by atoms with Gasteiger partial charge in [-0.1, -0.05) is 18.9 Å². The Hall–Kier alpha value is -1.61. The van der Waals surface area contributed by atoms with E-state index in [4.69, 9.17) is 0 Å². The average molecular weight is 269 g/mol. The summed E-state index contributed by atoms with van der Waals surface area (Å²) >= 11 is 0. The van der Waals surface area contributed by atoms with Gasteiger partial charge in [-0.05, 0) is 53.7 Å². The third-order valence-electron chi connectivity index (χ3n) is 4.91. The van der Waals surface area contributed by atoms with Crippen LogP contribution in [0.3, 0.4) is 0 Å². The number of aliphatic hydroxyl groups excluding tert-OH is 1. The lowest BCUT2D eigenvalue weighted by Crippen LogP contribution is -2.37. The Balaban J connectivity index is 1.42. The quantitative estimate of drug-likeness (QED) is 0.825. The van der Waals surface area contributed by atoms with Crippen molar-refractivity contribution in [2.75, 3.05) is 6.54 Å². The van der Waals surface area contributed by atoms with Gasteiger partial charge in [0.25, 0.3) is 5.91 Å². The number of allylic oxidation sites excluding steroid dienone is 6. The summed E-state index contributed by atoms with van der Waals surface area (Å²) in [6.07, 6.45) is 11.1. The van der Waals surface area contributed by atoms with E-state index in [1.807, 2.05) is 6.08 Å². The summed E-state index contributed by atoms with van der Waals surface area (Å²) < 4.78 is 0. The highest BCUT2D eigenvalue weighted by molar-refractivity contribution is 6.01. The van der Waals surface area contributed by atoms with Crippen LogP contribution in [0.1, 0.15) is 32.1 Å². The van der Waals surface area contributed by atoms with E-state index in [1.165, 1.54) is 16.7 Å². The van der Waals surface area contributed by atoms with Gasteiger partial charge < -0.3 is 10.4 Å². The van der Waals surface area contributed by atoms with E-state index in [-0.39, 0.29) is 17.9 Å². The maximum Gasteiger partial charge on any atom is 0.251 e. The molecule has 4 aliphatic rings. The first-order chi connectivity index (χ1) is 9.74. The SMILES string of the molecule is O=C(NC[C@H]1CCCC[C@@H]1O)C1=C2C=C3CC3=C2C=C1. The molecule has 1 amide bonds. The fourth-order valence-corrected chi connectivity index (χ4v) is 3.58. The van der Waals surface area contributed by atoms with Crippen LogP contribution in [0.4, 0.5) is 0 Å². The van der Waals surface area contributed by atoms with E-state index < -0.39 is 0 Å². The Morgan fingerprint density at radius 1 is 1.25 bits per heavy atom. The lowest BCUT2D eigenvalue weighted by Gasteiger charge is -2.27.